The smallest absolute Gasteiger partial charge is 0.410 e. The molecule has 0 saturated carbocycles. The van der Waals surface area contributed by atoms with E-state index in [1.807, 2.05) is 27.7 Å². The molecule has 11 heteroatoms. The van der Waals surface area contributed by atoms with E-state index in [0.29, 0.717) is 57.8 Å². The van der Waals surface area contributed by atoms with Crippen molar-refractivity contribution in [2.45, 2.75) is 85.1 Å². The predicted octanol–water partition coefficient (Wildman–Crippen LogP) is 2.76. The van der Waals surface area contributed by atoms with Crippen LogP contribution in [0, 0.1) is 0 Å². The molecule has 1 aromatic heterocycles. The zero-order chi connectivity index (χ0) is 25.8. The van der Waals surface area contributed by atoms with Crippen LogP contribution in [0.3, 0.4) is 0 Å². The Bertz CT molecular complexity index is 945. The molecule has 2 aliphatic heterocycles. The van der Waals surface area contributed by atoms with E-state index in [0.717, 1.165) is 5.69 Å². The molecule has 0 aliphatic carbocycles. The highest BCUT2D eigenvalue weighted by Gasteiger charge is 2.37. The highest BCUT2D eigenvalue weighted by molar-refractivity contribution is 5.81. The van der Waals surface area contributed by atoms with Crippen molar-refractivity contribution in [3.8, 4) is 0 Å². The Hall–Kier alpha value is -3.11. The number of likely N-dealkylation sites (tertiary alicyclic amines) is 1. The molecular formula is C24H37N5O6. The molecule has 0 atom stereocenters. The molecule has 0 N–H and O–H groups in total. The topological polar surface area (TPSA) is 114 Å². The number of imidazole rings is 1. The fraction of sp³-hybridized carbons (Fsp3) is 0.708. The van der Waals surface area contributed by atoms with Crippen LogP contribution < -0.4 is 0 Å². The Kier molecular flexibility index (Phi) is 8.39. The standard InChI is InChI=1S/C24H37N5O6/c1-6-20(30)26(7-2)13-10-21(31)34-16-19-25-14-18-15-28(22(32)29(18)19)17-8-11-27(12-9-17)23(33)35-24(3,4)5/h14,17H,6-13,15-16H2,1-5H3. The van der Waals surface area contributed by atoms with Crippen LogP contribution >= 0.6 is 0 Å². The van der Waals surface area contributed by atoms with Gasteiger partial charge in [-0.3, -0.25) is 9.59 Å². The van der Waals surface area contributed by atoms with Gasteiger partial charge in [0.05, 0.1) is 24.9 Å². The summed E-state index contributed by atoms with van der Waals surface area (Å²) >= 11 is 0. The molecule has 0 unspecified atom stereocenters. The zero-order valence-electron chi connectivity index (χ0n) is 21.4. The average molecular weight is 492 g/mol. The summed E-state index contributed by atoms with van der Waals surface area (Å²) in [6, 6.07) is -0.183. The van der Waals surface area contributed by atoms with Crippen molar-refractivity contribution in [2.75, 3.05) is 26.2 Å². The van der Waals surface area contributed by atoms with Gasteiger partial charge in [-0.2, -0.15) is 0 Å². The quantitative estimate of drug-likeness (QED) is 0.514. The van der Waals surface area contributed by atoms with Crippen LogP contribution in [-0.2, 0) is 32.2 Å². The predicted molar refractivity (Wildman–Crippen MR) is 126 cm³/mol. The number of ether oxygens (including phenoxy) is 2. The lowest BCUT2D eigenvalue weighted by Gasteiger charge is -2.36. The summed E-state index contributed by atoms with van der Waals surface area (Å²) in [7, 11) is 0. The molecule has 0 spiro atoms. The van der Waals surface area contributed by atoms with Crippen LogP contribution in [0.5, 0.6) is 0 Å². The highest BCUT2D eigenvalue weighted by atomic mass is 16.6. The number of hydrogen-bond acceptors (Lipinski definition) is 7. The Balaban J connectivity index is 1.50. The van der Waals surface area contributed by atoms with Gasteiger partial charge >= 0.3 is 18.1 Å². The highest BCUT2D eigenvalue weighted by Crippen LogP contribution is 2.27. The van der Waals surface area contributed by atoms with Crippen LogP contribution in [0.1, 0.15) is 71.8 Å². The van der Waals surface area contributed by atoms with Crippen LogP contribution in [0.15, 0.2) is 6.20 Å². The minimum Gasteiger partial charge on any atom is -0.457 e. The fourth-order valence-corrected chi connectivity index (χ4v) is 4.35. The van der Waals surface area contributed by atoms with Crippen molar-refractivity contribution < 1.29 is 28.7 Å². The van der Waals surface area contributed by atoms with Gasteiger partial charge < -0.3 is 24.2 Å². The van der Waals surface area contributed by atoms with E-state index in [2.05, 4.69) is 4.98 Å². The maximum absolute atomic E-state index is 13.1. The molecule has 2 aliphatic rings. The Labute approximate surface area is 206 Å². The molecular weight excluding hydrogens is 454 g/mol. The van der Waals surface area contributed by atoms with Crippen molar-refractivity contribution in [1.29, 1.82) is 0 Å². The summed E-state index contributed by atoms with van der Waals surface area (Å²) in [5.41, 5.74) is 0.207. The van der Waals surface area contributed by atoms with Crippen molar-refractivity contribution in [3.63, 3.8) is 0 Å². The monoisotopic (exact) mass is 491 g/mol. The number of fused-ring (bicyclic) bond motifs is 1. The Morgan fingerprint density at radius 2 is 1.86 bits per heavy atom. The van der Waals surface area contributed by atoms with Gasteiger partial charge in [0.1, 0.15) is 12.2 Å². The van der Waals surface area contributed by atoms with Gasteiger partial charge in [0.2, 0.25) is 5.91 Å². The summed E-state index contributed by atoms with van der Waals surface area (Å²) in [6.07, 6.45) is 3.11. The number of nitrogens with zero attached hydrogens (tertiary/aromatic N) is 5. The molecule has 35 heavy (non-hydrogen) atoms. The first-order chi connectivity index (χ1) is 16.5. The molecule has 3 amide bonds. The largest absolute Gasteiger partial charge is 0.457 e. The van der Waals surface area contributed by atoms with Crippen LogP contribution in [-0.4, -0.2) is 86.1 Å². The van der Waals surface area contributed by atoms with E-state index in [1.54, 1.807) is 27.8 Å². The number of carbonyl (C=O) groups is 4. The first-order valence-corrected chi connectivity index (χ1v) is 12.3. The number of aromatic nitrogens is 2. The van der Waals surface area contributed by atoms with Crippen molar-refractivity contribution in [2.24, 2.45) is 0 Å². The Morgan fingerprint density at radius 3 is 2.46 bits per heavy atom. The van der Waals surface area contributed by atoms with E-state index >= 15 is 0 Å². The maximum atomic E-state index is 13.1. The second-order valence-electron chi connectivity index (χ2n) is 9.85. The van der Waals surface area contributed by atoms with Gasteiger partial charge in [0.25, 0.3) is 0 Å². The lowest BCUT2D eigenvalue weighted by atomic mass is 10.0. The number of piperidine rings is 1. The molecule has 194 valence electrons. The summed E-state index contributed by atoms with van der Waals surface area (Å²) in [4.78, 5) is 58.8. The van der Waals surface area contributed by atoms with Gasteiger partial charge in [-0.25, -0.2) is 19.1 Å². The molecule has 1 aromatic rings. The molecule has 11 nitrogen and oxygen atoms in total. The first-order valence-electron chi connectivity index (χ1n) is 12.3. The van der Waals surface area contributed by atoms with Crippen molar-refractivity contribution >= 4 is 24.0 Å². The lowest BCUT2D eigenvalue weighted by molar-refractivity contribution is -0.146. The number of rotatable bonds is 8. The third-order valence-corrected chi connectivity index (χ3v) is 6.22. The minimum absolute atomic E-state index is 0.00556. The number of esters is 1. The molecule has 0 bridgehead atoms. The van der Waals surface area contributed by atoms with E-state index in [9.17, 15) is 19.2 Å². The summed E-state index contributed by atoms with van der Waals surface area (Å²) in [6.45, 7) is 11.4. The third-order valence-electron chi connectivity index (χ3n) is 6.22. The van der Waals surface area contributed by atoms with Gasteiger partial charge in [0, 0.05) is 38.6 Å². The normalized spacial score (nSPS) is 16.3. The summed E-state index contributed by atoms with van der Waals surface area (Å²) in [5, 5.41) is 0. The van der Waals surface area contributed by atoms with Crippen LogP contribution in [0.4, 0.5) is 9.59 Å². The van der Waals surface area contributed by atoms with E-state index in [-0.39, 0.29) is 37.1 Å². The molecule has 3 heterocycles. The molecule has 1 fully saturated rings. The van der Waals surface area contributed by atoms with E-state index < -0.39 is 11.6 Å². The minimum atomic E-state index is -0.544. The number of hydrogen-bond donors (Lipinski definition) is 0. The van der Waals surface area contributed by atoms with Gasteiger partial charge in [-0.1, -0.05) is 6.92 Å². The third kappa shape index (κ3) is 6.52. The second kappa shape index (κ2) is 11.1. The second-order valence-corrected chi connectivity index (χ2v) is 9.85. The van der Waals surface area contributed by atoms with Gasteiger partial charge in [-0.15, -0.1) is 0 Å². The summed E-state index contributed by atoms with van der Waals surface area (Å²) in [5.74, 6) is -0.0699. The van der Waals surface area contributed by atoms with Crippen molar-refractivity contribution in [1.82, 2.24) is 24.3 Å². The van der Waals surface area contributed by atoms with Gasteiger partial charge in [0.15, 0.2) is 5.82 Å². The van der Waals surface area contributed by atoms with E-state index in [4.69, 9.17) is 9.47 Å². The first kappa shape index (κ1) is 26.5. The summed E-state index contributed by atoms with van der Waals surface area (Å²) < 4.78 is 12.3. The molecule has 0 aromatic carbocycles. The zero-order valence-corrected chi connectivity index (χ0v) is 21.4. The lowest BCUT2D eigenvalue weighted by Crippen LogP contribution is -2.48. The maximum Gasteiger partial charge on any atom is 0.410 e. The van der Waals surface area contributed by atoms with Crippen LogP contribution in [0.25, 0.3) is 0 Å². The molecule has 0 radical (unpaired) electrons. The average Bonchev–Trinajstić information content (AvgIpc) is 3.36. The van der Waals surface area contributed by atoms with Crippen LogP contribution in [0.2, 0.25) is 0 Å². The molecule has 1 saturated heterocycles. The van der Waals surface area contributed by atoms with Gasteiger partial charge in [-0.05, 0) is 40.5 Å². The molecule has 3 rings (SSSR count). The van der Waals surface area contributed by atoms with E-state index in [1.165, 1.54) is 4.57 Å². The SMILES string of the molecule is CCC(=O)N(CC)CCC(=O)OCc1ncc2n1C(=O)N(C1CCN(C(=O)OC(C)(C)C)CC1)C2. The van der Waals surface area contributed by atoms with Crippen molar-refractivity contribution in [3.05, 3.63) is 17.7 Å². The number of amides is 3. The number of carbonyl (C=O) groups excluding carboxylic acids is 4. The Morgan fingerprint density at radius 1 is 1.17 bits per heavy atom. The fourth-order valence-electron chi connectivity index (χ4n) is 4.35.